The molecule has 152 valence electrons. The van der Waals surface area contributed by atoms with Gasteiger partial charge in [-0.1, -0.05) is 51.8 Å². The Kier molecular flexibility index (Phi) is 18.8. The molecule has 0 saturated heterocycles. The van der Waals surface area contributed by atoms with Crippen LogP contribution in [0.1, 0.15) is 65.2 Å². The SMILES string of the molecule is C/C=C\CCCC(=O)OCCSP.CC/C=C\CCC/C=C1\CC=CC1=O. The fourth-order valence-electron chi connectivity index (χ4n) is 2.29. The number of ketones is 1. The molecule has 0 heterocycles. The molecule has 1 unspecified atom stereocenters. The van der Waals surface area contributed by atoms with Crippen molar-refractivity contribution in [2.24, 2.45) is 0 Å². The molecule has 0 radical (unpaired) electrons. The lowest BCUT2D eigenvalue weighted by molar-refractivity contribution is -0.143. The number of unbranched alkanes of at least 4 members (excludes halogenated alkanes) is 3. The first-order valence-corrected chi connectivity index (χ1v) is 12.2. The van der Waals surface area contributed by atoms with E-state index in [0.717, 1.165) is 56.3 Å². The molecule has 0 aromatic heterocycles. The average Bonchev–Trinajstić information content (AvgIpc) is 3.07. The molecule has 0 aromatic carbocycles. The third kappa shape index (κ3) is 16.8. The Bertz CT molecular complexity index is 522. The van der Waals surface area contributed by atoms with E-state index in [0.29, 0.717) is 13.0 Å². The van der Waals surface area contributed by atoms with Crippen LogP contribution < -0.4 is 0 Å². The van der Waals surface area contributed by atoms with Gasteiger partial charge in [-0.15, -0.1) is 11.4 Å². The number of hydrogen-bond donors (Lipinski definition) is 0. The van der Waals surface area contributed by atoms with E-state index >= 15 is 0 Å². The Morgan fingerprint density at radius 3 is 2.63 bits per heavy atom. The molecular formula is C22H35O3PS. The van der Waals surface area contributed by atoms with Crippen LogP contribution in [-0.2, 0) is 14.3 Å². The van der Waals surface area contributed by atoms with E-state index < -0.39 is 0 Å². The summed E-state index contributed by atoms with van der Waals surface area (Å²) < 4.78 is 4.97. The van der Waals surface area contributed by atoms with Gasteiger partial charge in [-0.05, 0) is 63.5 Å². The van der Waals surface area contributed by atoms with E-state index in [1.165, 1.54) is 0 Å². The molecule has 0 N–H and O–H groups in total. The Labute approximate surface area is 171 Å². The van der Waals surface area contributed by atoms with E-state index in [1.807, 2.05) is 19.1 Å². The summed E-state index contributed by atoms with van der Waals surface area (Å²) in [6.07, 6.45) is 21.8. The summed E-state index contributed by atoms with van der Waals surface area (Å²) in [5.41, 5.74) is 0.976. The number of carbonyl (C=O) groups is 2. The van der Waals surface area contributed by atoms with Crippen LogP contribution in [0.25, 0.3) is 0 Å². The molecule has 0 saturated carbocycles. The normalized spacial score (nSPS) is 14.9. The topological polar surface area (TPSA) is 43.4 Å². The van der Waals surface area contributed by atoms with Crippen LogP contribution in [0, 0.1) is 0 Å². The first-order chi connectivity index (χ1) is 13.2. The Morgan fingerprint density at radius 2 is 2.00 bits per heavy atom. The van der Waals surface area contributed by atoms with Crippen molar-refractivity contribution in [1.29, 1.82) is 0 Å². The Morgan fingerprint density at radius 1 is 1.22 bits per heavy atom. The second-order valence-electron chi connectivity index (χ2n) is 6.06. The molecule has 0 fully saturated rings. The molecule has 1 rings (SSSR count). The minimum atomic E-state index is -0.0800. The van der Waals surface area contributed by atoms with Crippen LogP contribution >= 0.6 is 19.8 Å². The molecule has 0 amide bonds. The minimum absolute atomic E-state index is 0.0800. The summed E-state index contributed by atoms with van der Waals surface area (Å²) in [6, 6.07) is 0. The maximum absolute atomic E-state index is 11.2. The van der Waals surface area contributed by atoms with Gasteiger partial charge in [0.2, 0.25) is 0 Å². The molecule has 5 heteroatoms. The van der Waals surface area contributed by atoms with Crippen molar-refractivity contribution < 1.29 is 14.3 Å². The summed E-state index contributed by atoms with van der Waals surface area (Å²) >= 11 is 1.60. The highest BCUT2D eigenvalue weighted by Crippen LogP contribution is 2.14. The number of hydrogen-bond acceptors (Lipinski definition) is 4. The smallest absolute Gasteiger partial charge is 0.305 e. The molecule has 0 spiro atoms. The van der Waals surface area contributed by atoms with Gasteiger partial charge < -0.3 is 4.74 Å². The van der Waals surface area contributed by atoms with Gasteiger partial charge in [-0.3, -0.25) is 9.59 Å². The molecule has 3 nitrogen and oxygen atoms in total. The number of rotatable bonds is 12. The fourth-order valence-corrected chi connectivity index (χ4v) is 2.76. The van der Waals surface area contributed by atoms with E-state index in [2.05, 4.69) is 39.7 Å². The van der Waals surface area contributed by atoms with Crippen LogP contribution in [0.3, 0.4) is 0 Å². The molecule has 0 bridgehead atoms. The lowest BCUT2D eigenvalue weighted by Crippen LogP contribution is -2.06. The summed E-state index contributed by atoms with van der Waals surface area (Å²) in [4.78, 5) is 22.2. The van der Waals surface area contributed by atoms with Crippen LogP contribution in [0.2, 0.25) is 0 Å². The predicted octanol–water partition coefficient (Wildman–Crippen LogP) is 6.38. The van der Waals surface area contributed by atoms with Gasteiger partial charge in [0.1, 0.15) is 6.61 Å². The average molecular weight is 411 g/mol. The van der Waals surface area contributed by atoms with Crippen molar-refractivity contribution in [3.63, 3.8) is 0 Å². The van der Waals surface area contributed by atoms with Gasteiger partial charge in [-0.25, -0.2) is 0 Å². The molecule has 0 aromatic rings. The lowest BCUT2D eigenvalue weighted by atomic mass is 10.1. The highest BCUT2D eigenvalue weighted by atomic mass is 32.7. The van der Waals surface area contributed by atoms with E-state index in [-0.39, 0.29) is 11.8 Å². The van der Waals surface area contributed by atoms with Crippen molar-refractivity contribution in [3.8, 4) is 0 Å². The lowest BCUT2D eigenvalue weighted by Gasteiger charge is -2.01. The highest BCUT2D eigenvalue weighted by Gasteiger charge is 2.08. The first-order valence-electron chi connectivity index (χ1n) is 9.79. The Hall–Kier alpha value is -1.12. The van der Waals surface area contributed by atoms with E-state index in [9.17, 15) is 9.59 Å². The number of ether oxygens (including phenoxy) is 1. The molecular weight excluding hydrogens is 375 g/mol. The molecule has 1 aliphatic carbocycles. The zero-order valence-electron chi connectivity index (χ0n) is 16.8. The van der Waals surface area contributed by atoms with Crippen LogP contribution in [-0.4, -0.2) is 24.1 Å². The van der Waals surface area contributed by atoms with Gasteiger partial charge >= 0.3 is 5.97 Å². The van der Waals surface area contributed by atoms with Crippen molar-refractivity contribution >= 4 is 31.6 Å². The highest BCUT2D eigenvalue weighted by molar-refractivity contribution is 8.43. The van der Waals surface area contributed by atoms with Gasteiger partial charge in [0, 0.05) is 12.2 Å². The maximum atomic E-state index is 11.2. The van der Waals surface area contributed by atoms with Crippen LogP contribution in [0.5, 0.6) is 0 Å². The fraction of sp³-hybridized carbons (Fsp3) is 0.545. The van der Waals surface area contributed by atoms with Gasteiger partial charge in [-0.2, -0.15) is 0 Å². The Balaban J connectivity index is 0.000000503. The van der Waals surface area contributed by atoms with Crippen LogP contribution in [0.4, 0.5) is 0 Å². The number of allylic oxidation sites excluding steroid dienone is 8. The third-order valence-corrected chi connectivity index (χ3v) is 4.85. The zero-order chi connectivity index (χ0) is 20.2. The second-order valence-corrected chi connectivity index (χ2v) is 7.80. The largest absolute Gasteiger partial charge is 0.465 e. The van der Waals surface area contributed by atoms with Crippen molar-refractivity contribution in [2.75, 3.05) is 12.4 Å². The molecule has 1 aliphatic rings. The van der Waals surface area contributed by atoms with Gasteiger partial charge in [0.15, 0.2) is 5.78 Å². The van der Waals surface area contributed by atoms with Crippen molar-refractivity contribution in [3.05, 3.63) is 48.1 Å². The van der Waals surface area contributed by atoms with Gasteiger partial charge in [0.25, 0.3) is 0 Å². The number of esters is 1. The molecule has 0 aliphatic heterocycles. The minimum Gasteiger partial charge on any atom is -0.465 e. The summed E-state index contributed by atoms with van der Waals surface area (Å²) in [5.74, 6) is 0.975. The molecule has 27 heavy (non-hydrogen) atoms. The number of carbonyl (C=O) groups excluding carboxylic acids is 2. The summed E-state index contributed by atoms with van der Waals surface area (Å²) in [6.45, 7) is 4.65. The predicted molar refractivity (Wildman–Crippen MR) is 122 cm³/mol. The van der Waals surface area contributed by atoms with Crippen molar-refractivity contribution in [1.82, 2.24) is 0 Å². The quantitative estimate of drug-likeness (QED) is 0.123. The van der Waals surface area contributed by atoms with E-state index in [4.69, 9.17) is 4.74 Å². The van der Waals surface area contributed by atoms with Gasteiger partial charge in [0.05, 0.1) is 0 Å². The summed E-state index contributed by atoms with van der Waals surface area (Å²) in [7, 11) is 2.53. The molecule has 1 atom stereocenters. The third-order valence-electron chi connectivity index (χ3n) is 3.74. The standard InChI is InChI=1S/C13H18O.C9H17O2PS/c1-2-3-4-5-6-7-9-12-10-8-11-13(12)14;1-2-3-4-5-6-9(10)11-7-8-13-12/h3-4,8-9,11H,2,5-7,10H2,1H3;2-3H,4-8,12H2,1H3/b4-3-,12-9+;3-2-. The maximum Gasteiger partial charge on any atom is 0.305 e. The first kappa shape index (κ1) is 25.9. The second kappa shape index (κ2) is 19.6. The van der Waals surface area contributed by atoms with Crippen LogP contribution in [0.15, 0.2) is 48.1 Å². The van der Waals surface area contributed by atoms with E-state index in [1.54, 1.807) is 17.5 Å². The zero-order valence-corrected chi connectivity index (χ0v) is 18.8. The monoisotopic (exact) mass is 410 g/mol. The van der Waals surface area contributed by atoms with Crippen molar-refractivity contribution in [2.45, 2.75) is 65.2 Å². The summed E-state index contributed by atoms with van der Waals surface area (Å²) in [5, 5.41) is 0.